The normalized spacial score (nSPS) is 18.2. The maximum Gasteiger partial charge on any atom is 0.290 e. The summed E-state index contributed by atoms with van der Waals surface area (Å²) in [6.45, 7) is 3.32. The van der Waals surface area contributed by atoms with E-state index in [4.69, 9.17) is 0 Å². The molecule has 1 aliphatic heterocycles. The molecule has 3 rings (SSSR count). The van der Waals surface area contributed by atoms with Crippen LogP contribution in [-0.2, 0) is 0 Å². The van der Waals surface area contributed by atoms with Crippen LogP contribution >= 0.6 is 11.3 Å². The second-order valence-electron chi connectivity index (χ2n) is 5.47. The van der Waals surface area contributed by atoms with Crippen molar-refractivity contribution < 1.29 is 4.79 Å². The van der Waals surface area contributed by atoms with Crippen molar-refractivity contribution in [3.05, 3.63) is 44.6 Å². The molecule has 1 saturated heterocycles. The third kappa shape index (κ3) is 3.04. The van der Waals surface area contributed by atoms with Gasteiger partial charge in [0.2, 0.25) is 0 Å². The Kier molecular flexibility index (Phi) is 4.24. The first-order chi connectivity index (χ1) is 10.6. The lowest BCUT2D eigenvalue weighted by Gasteiger charge is -2.33. The van der Waals surface area contributed by atoms with Crippen LogP contribution < -0.4 is 15.8 Å². The lowest BCUT2D eigenvalue weighted by molar-refractivity contribution is 0.0933. The molecule has 1 aliphatic rings. The highest BCUT2D eigenvalue weighted by atomic mass is 32.1. The highest BCUT2D eigenvalue weighted by Gasteiger charge is 2.24. The monoisotopic (exact) mass is 318 g/mol. The average Bonchev–Trinajstić information content (AvgIpc) is 2.94. The number of nitrogens with zero attached hydrogens (tertiary/aromatic N) is 2. The number of anilines is 1. The van der Waals surface area contributed by atoms with E-state index in [1.165, 1.54) is 17.5 Å². The molecule has 116 valence electrons. The van der Waals surface area contributed by atoms with Gasteiger partial charge in [0, 0.05) is 36.9 Å². The lowest BCUT2D eigenvalue weighted by Crippen LogP contribution is -2.49. The second-order valence-corrected chi connectivity index (χ2v) is 6.21. The topological polar surface area (TPSA) is 78.1 Å². The fourth-order valence-corrected chi connectivity index (χ4v) is 3.54. The number of carbonyl (C=O) groups is 1. The van der Waals surface area contributed by atoms with Crippen LogP contribution in [0.15, 0.2) is 27.9 Å². The number of aromatic nitrogens is 2. The van der Waals surface area contributed by atoms with Crippen LogP contribution in [0.3, 0.4) is 0 Å². The Bertz CT molecular complexity index is 724. The van der Waals surface area contributed by atoms with E-state index in [1.54, 1.807) is 6.20 Å². The van der Waals surface area contributed by atoms with Crippen LogP contribution in [-0.4, -0.2) is 35.0 Å². The van der Waals surface area contributed by atoms with Crippen molar-refractivity contribution in [3.8, 4) is 0 Å². The summed E-state index contributed by atoms with van der Waals surface area (Å²) in [7, 11) is 0. The fourth-order valence-electron chi connectivity index (χ4n) is 2.71. The predicted octanol–water partition coefficient (Wildman–Crippen LogP) is 1.54. The van der Waals surface area contributed by atoms with Gasteiger partial charge in [-0.05, 0) is 30.7 Å². The number of carbonyl (C=O) groups excluding carboxylic acids is 1. The van der Waals surface area contributed by atoms with Crippen LogP contribution in [0, 0.1) is 6.92 Å². The fraction of sp³-hybridized carbons (Fsp3) is 0.400. The molecule has 0 radical (unpaired) electrons. The van der Waals surface area contributed by atoms with E-state index >= 15 is 0 Å². The molecule has 3 heterocycles. The largest absolute Gasteiger partial charge is 0.350 e. The molecule has 2 aromatic heterocycles. The Balaban J connectivity index is 1.69. The Hall–Kier alpha value is -2.15. The first kappa shape index (κ1) is 14.8. The molecular weight excluding hydrogens is 300 g/mol. The van der Waals surface area contributed by atoms with Gasteiger partial charge in [0.25, 0.3) is 11.5 Å². The van der Waals surface area contributed by atoms with Gasteiger partial charge in [0.05, 0.1) is 5.56 Å². The number of rotatable bonds is 3. The highest BCUT2D eigenvalue weighted by Crippen LogP contribution is 2.17. The molecule has 0 unspecified atom stereocenters. The summed E-state index contributed by atoms with van der Waals surface area (Å²) >= 11 is 1.53. The molecule has 22 heavy (non-hydrogen) atoms. The summed E-state index contributed by atoms with van der Waals surface area (Å²) in [6.07, 6.45) is 4.93. The van der Waals surface area contributed by atoms with Gasteiger partial charge in [-0.25, -0.2) is 4.98 Å². The summed E-state index contributed by atoms with van der Waals surface area (Å²) in [5.74, 6) is 0.383. The number of aromatic amines is 1. The van der Waals surface area contributed by atoms with E-state index in [0.717, 1.165) is 30.5 Å². The van der Waals surface area contributed by atoms with Crippen LogP contribution in [0.5, 0.6) is 0 Å². The summed E-state index contributed by atoms with van der Waals surface area (Å²) in [5, 5.41) is 6.90. The average molecular weight is 318 g/mol. The van der Waals surface area contributed by atoms with Gasteiger partial charge in [-0.1, -0.05) is 0 Å². The summed E-state index contributed by atoms with van der Waals surface area (Å²) in [6, 6.07) is 0.0296. The van der Waals surface area contributed by atoms with Gasteiger partial charge >= 0.3 is 0 Å². The Morgan fingerprint density at radius 2 is 2.36 bits per heavy atom. The maximum absolute atomic E-state index is 12.3. The van der Waals surface area contributed by atoms with Crippen molar-refractivity contribution in [3.63, 3.8) is 0 Å². The van der Waals surface area contributed by atoms with Gasteiger partial charge in [-0.15, -0.1) is 0 Å². The molecule has 1 amide bonds. The number of aryl methyl sites for hydroxylation is 1. The second kappa shape index (κ2) is 6.31. The van der Waals surface area contributed by atoms with E-state index in [9.17, 15) is 9.59 Å². The van der Waals surface area contributed by atoms with E-state index in [1.807, 2.05) is 22.6 Å². The van der Waals surface area contributed by atoms with Gasteiger partial charge in [-0.3, -0.25) is 9.59 Å². The number of hydrogen-bond acceptors (Lipinski definition) is 5. The van der Waals surface area contributed by atoms with Crippen LogP contribution in [0.25, 0.3) is 0 Å². The summed E-state index contributed by atoms with van der Waals surface area (Å²) < 4.78 is 0. The standard InChI is InChI=1S/C15H18N4O2S/c1-10-8-22-9-12(10)14(20)18-11-3-2-6-19(7-11)13-15(21)17-5-4-16-13/h4-5,8-9,11H,2-3,6-7H2,1H3,(H,17,21)(H,18,20)/t11-/m1/s1. The number of amides is 1. The first-order valence-corrected chi connectivity index (χ1v) is 8.21. The summed E-state index contributed by atoms with van der Waals surface area (Å²) in [4.78, 5) is 32.9. The molecule has 1 atom stereocenters. The van der Waals surface area contributed by atoms with E-state index in [2.05, 4.69) is 15.3 Å². The van der Waals surface area contributed by atoms with Crippen LogP contribution in [0.1, 0.15) is 28.8 Å². The minimum absolute atomic E-state index is 0.0296. The molecule has 7 heteroatoms. The molecule has 2 N–H and O–H groups in total. The van der Waals surface area contributed by atoms with Gasteiger partial charge in [0.1, 0.15) is 0 Å². The third-order valence-corrected chi connectivity index (χ3v) is 4.71. The molecule has 6 nitrogen and oxygen atoms in total. The smallest absolute Gasteiger partial charge is 0.290 e. The molecular formula is C15H18N4O2S. The minimum Gasteiger partial charge on any atom is -0.350 e. The van der Waals surface area contributed by atoms with Gasteiger partial charge in [0.15, 0.2) is 5.82 Å². The van der Waals surface area contributed by atoms with Crippen molar-refractivity contribution in [2.75, 3.05) is 18.0 Å². The number of hydrogen-bond donors (Lipinski definition) is 2. The Labute approximate surface area is 132 Å². The number of H-pyrrole nitrogens is 1. The number of piperidine rings is 1. The summed E-state index contributed by atoms with van der Waals surface area (Å²) in [5.41, 5.74) is 1.54. The third-order valence-electron chi connectivity index (χ3n) is 3.85. The zero-order valence-corrected chi connectivity index (χ0v) is 13.2. The molecule has 0 bridgehead atoms. The highest BCUT2D eigenvalue weighted by molar-refractivity contribution is 7.08. The maximum atomic E-state index is 12.3. The zero-order valence-electron chi connectivity index (χ0n) is 12.3. The van der Waals surface area contributed by atoms with Crippen molar-refractivity contribution in [2.45, 2.75) is 25.8 Å². The SMILES string of the molecule is Cc1cscc1C(=O)N[C@@H]1CCCN(c2ncc[nH]c2=O)C1. The van der Waals surface area contributed by atoms with E-state index in [0.29, 0.717) is 12.4 Å². The minimum atomic E-state index is -0.192. The molecule has 0 aliphatic carbocycles. The Morgan fingerprint density at radius 1 is 1.50 bits per heavy atom. The van der Waals surface area contributed by atoms with Gasteiger partial charge < -0.3 is 15.2 Å². The van der Waals surface area contributed by atoms with E-state index < -0.39 is 0 Å². The van der Waals surface area contributed by atoms with Crippen molar-refractivity contribution in [1.29, 1.82) is 0 Å². The number of nitrogens with one attached hydrogen (secondary N) is 2. The lowest BCUT2D eigenvalue weighted by atomic mass is 10.0. The van der Waals surface area contributed by atoms with Gasteiger partial charge in [-0.2, -0.15) is 11.3 Å². The molecule has 2 aromatic rings. The molecule has 0 aromatic carbocycles. The van der Waals surface area contributed by atoms with Crippen molar-refractivity contribution >= 4 is 23.1 Å². The zero-order chi connectivity index (χ0) is 15.5. The quantitative estimate of drug-likeness (QED) is 0.900. The predicted molar refractivity (Wildman–Crippen MR) is 86.6 cm³/mol. The molecule has 1 fully saturated rings. The van der Waals surface area contributed by atoms with Crippen molar-refractivity contribution in [1.82, 2.24) is 15.3 Å². The van der Waals surface area contributed by atoms with Crippen molar-refractivity contribution in [2.24, 2.45) is 0 Å². The number of thiophene rings is 1. The first-order valence-electron chi connectivity index (χ1n) is 7.27. The Morgan fingerprint density at radius 3 is 3.09 bits per heavy atom. The van der Waals surface area contributed by atoms with E-state index in [-0.39, 0.29) is 17.5 Å². The molecule has 0 spiro atoms. The van der Waals surface area contributed by atoms with Crippen LogP contribution in [0.4, 0.5) is 5.82 Å². The molecule has 0 saturated carbocycles. The van der Waals surface area contributed by atoms with Crippen LogP contribution in [0.2, 0.25) is 0 Å².